The van der Waals surface area contributed by atoms with E-state index < -0.39 is 27.9 Å². The number of rotatable bonds is 11. The number of fused-ring (bicyclic) bond motifs is 6. The lowest BCUT2D eigenvalue weighted by Crippen LogP contribution is -2.57. The number of hydroxylamine groups is 1. The molecule has 10 nitrogen and oxygen atoms in total. The van der Waals surface area contributed by atoms with Gasteiger partial charge in [-0.2, -0.15) is 9.79 Å². The van der Waals surface area contributed by atoms with Crippen molar-refractivity contribution in [3.8, 4) is 0 Å². The molecule has 8 rings (SSSR count). The second kappa shape index (κ2) is 15.5. The lowest BCUT2D eigenvalue weighted by atomic mass is 9.75. The van der Waals surface area contributed by atoms with Crippen LogP contribution in [0.25, 0.3) is 32.3 Å². The molecule has 5 N–H and O–H groups in total. The summed E-state index contributed by atoms with van der Waals surface area (Å²) >= 11 is 0. The highest BCUT2D eigenvalue weighted by atomic mass is 32.2. The smallest absolute Gasteiger partial charge is 0.243 e. The Hall–Kier alpha value is -5.17. The van der Waals surface area contributed by atoms with E-state index >= 15 is 0 Å². The van der Waals surface area contributed by atoms with Gasteiger partial charge in [-0.15, -0.1) is 0 Å². The Balaban J connectivity index is 1.16. The van der Waals surface area contributed by atoms with E-state index in [0.29, 0.717) is 18.8 Å². The second-order valence-electron chi connectivity index (χ2n) is 14.3. The molecule has 0 bridgehead atoms. The molecule has 6 aromatic carbocycles. The van der Waals surface area contributed by atoms with E-state index in [1.165, 1.54) is 50.4 Å². The van der Waals surface area contributed by atoms with Crippen LogP contribution in [0.1, 0.15) is 59.9 Å². The van der Waals surface area contributed by atoms with Crippen molar-refractivity contribution in [1.82, 2.24) is 15.1 Å². The van der Waals surface area contributed by atoms with E-state index in [1.54, 1.807) is 12.1 Å². The molecule has 2 aliphatic rings. The number of anilines is 1. The third kappa shape index (κ3) is 6.98. The fourth-order valence-corrected chi connectivity index (χ4v) is 10.1. The molecule has 0 spiro atoms. The zero-order valence-corrected chi connectivity index (χ0v) is 31.6. The summed E-state index contributed by atoms with van der Waals surface area (Å²) in [7, 11) is -4.08. The van der Waals surface area contributed by atoms with Crippen LogP contribution in [-0.4, -0.2) is 50.3 Å². The molecule has 2 amide bonds. The van der Waals surface area contributed by atoms with Crippen molar-refractivity contribution in [3.05, 3.63) is 131 Å². The number of nitrogens with two attached hydrogens (primary N) is 1. The van der Waals surface area contributed by atoms with Crippen LogP contribution in [0.2, 0.25) is 0 Å². The Bertz CT molecular complexity index is 2540. The van der Waals surface area contributed by atoms with Gasteiger partial charge in [0.05, 0.1) is 23.6 Å². The lowest BCUT2D eigenvalue weighted by molar-refractivity contribution is -0.130. The van der Waals surface area contributed by atoms with Crippen molar-refractivity contribution in [3.63, 3.8) is 0 Å². The average molecular weight is 756 g/mol. The summed E-state index contributed by atoms with van der Waals surface area (Å²) in [6, 6.07) is 32.5. The fourth-order valence-electron chi connectivity index (χ4n) is 8.47. The molecule has 1 aliphatic carbocycles. The first-order valence-electron chi connectivity index (χ1n) is 19.0. The molecule has 282 valence electrons. The van der Waals surface area contributed by atoms with E-state index in [0.717, 1.165) is 45.5 Å². The largest absolute Gasteiger partial charge is 0.353 e. The third-order valence-corrected chi connectivity index (χ3v) is 13.0. The van der Waals surface area contributed by atoms with Crippen molar-refractivity contribution in [2.45, 2.75) is 62.6 Å². The molecule has 55 heavy (non-hydrogen) atoms. The van der Waals surface area contributed by atoms with Crippen LogP contribution in [0.15, 0.2) is 108 Å². The molecule has 1 saturated heterocycles. The standard InChI is InChI=1S/C44H45N5O5S/c1-2-54-47-27-30-24-40-36-13-7-12-35(37(36)20-21-38(40)34-11-6-5-9-32(30)34)39-19-16-29-8-3-4-10-33(29)43(39)48-42(50)25-41-44(51)46-22-23-49(41)55(52,53)31-17-14-28(26-45)15-18-31/h3-6,8-11,14-21,24,35,41,47H,2,7,12-13,22-23,25-27,45H2,1H3,(H,46,51)(H,48,50)/t35-,41-/m1/s1. The zero-order valence-electron chi connectivity index (χ0n) is 30.8. The number of nitrogens with one attached hydrogen (secondary N) is 3. The van der Waals surface area contributed by atoms with E-state index in [1.807, 2.05) is 31.2 Å². The maximum Gasteiger partial charge on any atom is 0.243 e. The number of carbonyl (C=O) groups is 2. The molecule has 1 fully saturated rings. The zero-order chi connectivity index (χ0) is 38.1. The van der Waals surface area contributed by atoms with E-state index in [2.05, 4.69) is 70.7 Å². The lowest BCUT2D eigenvalue weighted by Gasteiger charge is -2.34. The van der Waals surface area contributed by atoms with Gasteiger partial charge >= 0.3 is 0 Å². The quantitative estimate of drug-likeness (QED) is 0.0661. The summed E-state index contributed by atoms with van der Waals surface area (Å²) < 4.78 is 28.9. The van der Waals surface area contributed by atoms with Gasteiger partial charge in [0.25, 0.3) is 0 Å². The maximum atomic E-state index is 14.1. The molecule has 0 aromatic heterocycles. The number of aryl methyl sites for hydroxylation is 1. The van der Waals surface area contributed by atoms with Gasteiger partial charge in [0.2, 0.25) is 21.8 Å². The molecule has 0 radical (unpaired) electrons. The highest BCUT2D eigenvalue weighted by molar-refractivity contribution is 7.89. The number of carbonyl (C=O) groups excluding carboxylic acids is 2. The first-order valence-corrected chi connectivity index (χ1v) is 20.4. The number of amides is 2. The van der Waals surface area contributed by atoms with Crippen LogP contribution in [0.3, 0.4) is 0 Å². The van der Waals surface area contributed by atoms with Crippen LogP contribution >= 0.6 is 0 Å². The first kappa shape index (κ1) is 36.8. The van der Waals surface area contributed by atoms with Gasteiger partial charge in [-0.1, -0.05) is 84.9 Å². The van der Waals surface area contributed by atoms with Gasteiger partial charge < -0.3 is 21.2 Å². The van der Waals surface area contributed by atoms with Crippen LogP contribution in [0.5, 0.6) is 0 Å². The van der Waals surface area contributed by atoms with Gasteiger partial charge in [-0.3, -0.25) is 9.59 Å². The average Bonchev–Trinajstić information content (AvgIpc) is 3.21. The van der Waals surface area contributed by atoms with Gasteiger partial charge in [-0.05, 0) is 99.1 Å². The van der Waals surface area contributed by atoms with Crippen LogP contribution in [0, 0.1) is 0 Å². The van der Waals surface area contributed by atoms with Crippen molar-refractivity contribution >= 4 is 59.8 Å². The minimum Gasteiger partial charge on any atom is -0.353 e. The number of piperazine rings is 1. The summed E-state index contributed by atoms with van der Waals surface area (Å²) in [4.78, 5) is 33.0. The van der Waals surface area contributed by atoms with Gasteiger partial charge in [0.1, 0.15) is 6.04 Å². The Kier molecular flexibility index (Phi) is 10.4. The molecule has 1 aliphatic heterocycles. The SMILES string of the molecule is CCONCc1cc2c3c(ccc2c2ccccc12)[C@H](c1ccc2ccccc2c1NC(=O)C[C@@H]1C(=O)NCCN1S(=O)(=O)c1ccc(CN)cc1)CCC3. The molecular formula is C44H45N5O5S. The van der Waals surface area contributed by atoms with Gasteiger partial charge in [0, 0.05) is 37.5 Å². The van der Waals surface area contributed by atoms with Crippen molar-refractivity contribution in [2.24, 2.45) is 5.73 Å². The van der Waals surface area contributed by atoms with E-state index in [-0.39, 0.29) is 36.9 Å². The summed E-state index contributed by atoms with van der Waals surface area (Å²) in [5, 5.41) is 12.6. The molecule has 2 atom stereocenters. The Labute approximate surface area is 321 Å². The number of hydrogen-bond acceptors (Lipinski definition) is 7. The van der Waals surface area contributed by atoms with E-state index in [4.69, 9.17) is 10.6 Å². The predicted molar refractivity (Wildman–Crippen MR) is 217 cm³/mol. The Morgan fingerprint density at radius 2 is 1.62 bits per heavy atom. The molecule has 1 heterocycles. The van der Waals surface area contributed by atoms with E-state index in [9.17, 15) is 18.0 Å². The Morgan fingerprint density at radius 3 is 2.40 bits per heavy atom. The highest BCUT2D eigenvalue weighted by Gasteiger charge is 2.40. The van der Waals surface area contributed by atoms with Crippen LogP contribution in [0.4, 0.5) is 5.69 Å². The second-order valence-corrected chi connectivity index (χ2v) is 16.2. The molecule has 0 saturated carbocycles. The van der Waals surface area contributed by atoms with Crippen molar-refractivity contribution in [2.75, 3.05) is 25.0 Å². The third-order valence-electron chi connectivity index (χ3n) is 11.1. The molecule has 0 unspecified atom stereocenters. The minimum absolute atomic E-state index is 0.00382. The Morgan fingerprint density at radius 1 is 0.891 bits per heavy atom. The number of benzene rings is 6. The fraction of sp³-hybridized carbons (Fsp3) is 0.273. The highest BCUT2D eigenvalue weighted by Crippen LogP contribution is 2.45. The number of nitrogens with zero attached hydrogens (tertiary/aromatic N) is 1. The van der Waals surface area contributed by atoms with Crippen LogP contribution in [-0.2, 0) is 44.0 Å². The van der Waals surface area contributed by atoms with Crippen LogP contribution < -0.4 is 21.8 Å². The van der Waals surface area contributed by atoms with Crippen molar-refractivity contribution < 1.29 is 22.8 Å². The summed E-state index contributed by atoms with van der Waals surface area (Å²) in [5.74, 6) is -0.945. The predicted octanol–water partition coefficient (Wildman–Crippen LogP) is 6.63. The normalized spacial score (nSPS) is 17.7. The number of hydrogen-bond donors (Lipinski definition) is 4. The topological polar surface area (TPSA) is 143 Å². The molecular weight excluding hydrogens is 711 g/mol. The van der Waals surface area contributed by atoms with Gasteiger partial charge in [-0.25, -0.2) is 8.42 Å². The van der Waals surface area contributed by atoms with Crippen molar-refractivity contribution in [1.29, 1.82) is 0 Å². The minimum atomic E-state index is -4.08. The maximum absolute atomic E-state index is 14.1. The summed E-state index contributed by atoms with van der Waals surface area (Å²) in [6.07, 6.45) is 2.46. The number of sulfonamides is 1. The summed E-state index contributed by atoms with van der Waals surface area (Å²) in [5.41, 5.74) is 15.0. The molecule has 11 heteroatoms. The first-order chi connectivity index (χ1) is 26.8. The monoisotopic (exact) mass is 755 g/mol. The van der Waals surface area contributed by atoms with Gasteiger partial charge in [0.15, 0.2) is 0 Å². The molecule has 6 aromatic rings. The summed E-state index contributed by atoms with van der Waals surface area (Å²) in [6.45, 7) is 3.59.